The number of halogens is 1. The van der Waals surface area contributed by atoms with Crippen LogP contribution in [0.5, 0.6) is 0 Å². The average molecular weight is 402 g/mol. The molecule has 1 aliphatic heterocycles. The van der Waals surface area contributed by atoms with Crippen molar-refractivity contribution >= 4 is 44.6 Å². The maximum atomic E-state index is 12.5. The van der Waals surface area contributed by atoms with E-state index in [1.54, 1.807) is 24.3 Å². The third-order valence-corrected chi connectivity index (χ3v) is 4.09. The third kappa shape index (κ3) is 3.36. The number of nitrogens with zero attached hydrogens (tertiary/aromatic N) is 3. The second kappa shape index (κ2) is 6.73. The Kier molecular flexibility index (Phi) is 4.48. The van der Waals surface area contributed by atoms with E-state index in [1.807, 2.05) is 6.07 Å². The molecule has 1 amide bonds. The molecule has 25 heavy (non-hydrogen) atoms. The highest BCUT2D eigenvalue weighted by atomic mass is 79.9. The quantitative estimate of drug-likeness (QED) is 0.605. The minimum atomic E-state index is -0.511. The highest BCUT2D eigenvalue weighted by Crippen LogP contribution is 2.27. The summed E-state index contributed by atoms with van der Waals surface area (Å²) in [5.41, 5.74) is 6.85. The van der Waals surface area contributed by atoms with Gasteiger partial charge >= 0.3 is 0 Å². The third-order valence-electron chi connectivity index (χ3n) is 3.40. The van der Waals surface area contributed by atoms with Crippen LogP contribution >= 0.6 is 15.9 Å². The minimum absolute atomic E-state index is 0.0854. The van der Waals surface area contributed by atoms with Crippen LogP contribution in [-0.2, 0) is 4.79 Å². The summed E-state index contributed by atoms with van der Waals surface area (Å²) in [6.45, 7) is 3.78. The fraction of sp³-hybridized carbons (Fsp3) is 0. The van der Waals surface area contributed by atoms with Crippen molar-refractivity contribution in [2.45, 2.75) is 0 Å². The van der Waals surface area contributed by atoms with E-state index in [0.29, 0.717) is 21.5 Å². The molecule has 0 saturated carbocycles. The van der Waals surface area contributed by atoms with Crippen molar-refractivity contribution in [3.8, 4) is 0 Å². The summed E-state index contributed by atoms with van der Waals surface area (Å²) in [6.07, 6.45) is 0. The van der Waals surface area contributed by atoms with Gasteiger partial charge in [0.05, 0.1) is 22.0 Å². The Morgan fingerprint density at radius 1 is 1.24 bits per heavy atom. The molecule has 2 aromatic carbocycles. The maximum Gasteiger partial charge on any atom is 0.299 e. The van der Waals surface area contributed by atoms with Crippen LogP contribution in [-0.4, -0.2) is 16.5 Å². The monoisotopic (exact) mass is 401 g/mol. The zero-order chi connectivity index (χ0) is 18.0. The van der Waals surface area contributed by atoms with Crippen LogP contribution in [0.15, 0.2) is 70.4 Å². The molecule has 2 aromatic rings. The molecule has 2 N–H and O–H groups in total. The van der Waals surface area contributed by atoms with E-state index in [9.17, 15) is 14.9 Å². The second-order valence-electron chi connectivity index (χ2n) is 5.06. The molecular weight excluding hydrogens is 390 g/mol. The lowest BCUT2D eigenvalue weighted by Gasteiger charge is -2.14. The van der Waals surface area contributed by atoms with Crippen LogP contribution in [0.2, 0.25) is 0 Å². The summed E-state index contributed by atoms with van der Waals surface area (Å²) in [5.74, 6) is -0.384. The highest BCUT2D eigenvalue weighted by Gasteiger charge is 2.32. The molecule has 1 aliphatic rings. The Morgan fingerprint density at radius 2 is 1.96 bits per heavy atom. The second-order valence-corrected chi connectivity index (χ2v) is 5.91. The van der Waals surface area contributed by atoms with Gasteiger partial charge in [-0.3, -0.25) is 25.8 Å². The number of carbonyl (C=O) groups is 1. The van der Waals surface area contributed by atoms with Gasteiger partial charge in [0.15, 0.2) is 5.71 Å². The fourth-order valence-corrected chi connectivity index (χ4v) is 2.51. The number of non-ortho nitro benzene ring substituents is 1. The molecular formula is C16H12BrN5O3. The van der Waals surface area contributed by atoms with E-state index in [4.69, 9.17) is 0 Å². The van der Waals surface area contributed by atoms with Crippen molar-refractivity contribution in [3.05, 3.63) is 75.4 Å². The van der Waals surface area contributed by atoms with Crippen molar-refractivity contribution in [2.75, 3.05) is 10.4 Å². The molecule has 1 fully saturated rings. The minimum Gasteiger partial charge on any atom is -0.289 e. The van der Waals surface area contributed by atoms with Crippen LogP contribution in [0.1, 0.15) is 0 Å². The summed E-state index contributed by atoms with van der Waals surface area (Å²) < 4.78 is 0.575. The number of amides is 1. The van der Waals surface area contributed by atoms with Crippen LogP contribution < -0.4 is 15.9 Å². The number of hydrogen-bond donors (Lipinski definition) is 2. The summed E-state index contributed by atoms with van der Waals surface area (Å²) in [6, 6.07) is 13.2. The van der Waals surface area contributed by atoms with Gasteiger partial charge in [-0.05, 0) is 34.1 Å². The standard InChI is InChI=1S/C16H12BrN5O3/c1-10-15(16(23)21(20-10)11-5-3-2-4-6-11)19-18-14-9-12(22(24)25)7-8-13(14)17/h2-9,18,20H,1H2/b19-15+. The van der Waals surface area contributed by atoms with Crippen LogP contribution in [0, 0.1) is 10.1 Å². The van der Waals surface area contributed by atoms with Crippen molar-refractivity contribution in [1.29, 1.82) is 0 Å². The number of para-hydroxylation sites is 1. The Morgan fingerprint density at radius 3 is 2.64 bits per heavy atom. The molecule has 9 heteroatoms. The van der Waals surface area contributed by atoms with E-state index in [1.165, 1.54) is 23.2 Å². The summed E-state index contributed by atoms with van der Waals surface area (Å²) in [4.78, 5) is 22.9. The van der Waals surface area contributed by atoms with E-state index >= 15 is 0 Å². The van der Waals surface area contributed by atoms with Crippen molar-refractivity contribution in [1.82, 2.24) is 5.43 Å². The zero-order valence-electron chi connectivity index (χ0n) is 12.8. The van der Waals surface area contributed by atoms with Crippen molar-refractivity contribution in [2.24, 2.45) is 5.10 Å². The lowest BCUT2D eigenvalue weighted by atomic mass is 10.3. The first-order chi connectivity index (χ1) is 12.0. The lowest BCUT2D eigenvalue weighted by molar-refractivity contribution is -0.384. The number of carbonyl (C=O) groups excluding carboxylic acids is 1. The molecule has 0 aromatic heterocycles. The number of hydrazine groups is 1. The number of nitro benzene ring substituents is 1. The van der Waals surface area contributed by atoms with E-state index in [2.05, 4.69) is 38.5 Å². The molecule has 1 heterocycles. The smallest absolute Gasteiger partial charge is 0.289 e. The first-order valence-corrected chi connectivity index (χ1v) is 7.90. The molecule has 0 bridgehead atoms. The van der Waals surface area contributed by atoms with Gasteiger partial charge in [-0.2, -0.15) is 5.10 Å². The number of rotatable bonds is 4. The van der Waals surface area contributed by atoms with Crippen LogP contribution in [0.25, 0.3) is 0 Å². The maximum absolute atomic E-state index is 12.5. The van der Waals surface area contributed by atoms with Crippen molar-refractivity contribution < 1.29 is 9.72 Å². The van der Waals surface area contributed by atoms with Gasteiger partial charge in [0.2, 0.25) is 0 Å². The molecule has 0 aliphatic carbocycles. The number of hydrogen-bond acceptors (Lipinski definition) is 6. The predicted octanol–water partition coefficient (Wildman–Crippen LogP) is 3.19. The largest absolute Gasteiger partial charge is 0.299 e. The van der Waals surface area contributed by atoms with Gasteiger partial charge in [0.25, 0.3) is 11.6 Å². The number of anilines is 2. The summed E-state index contributed by atoms with van der Waals surface area (Å²) >= 11 is 3.28. The average Bonchev–Trinajstić information content (AvgIpc) is 2.89. The number of benzene rings is 2. The Balaban J connectivity index is 1.85. The van der Waals surface area contributed by atoms with Gasteiger partial charge < -0.3 is 0 Å². The molecule has 126 valence electrons. The molecule has 3 rings (SSSR count). The Hall–Kier alpha value is -3.20. The Labute approximate surface area is 151 Å². The number of nitro groups is 1. The predicted molar refractivity (Wildman–Crippen MR) is 98.1 cm³/mol. The normalized spacial score (nSPS) is 15.4. The van der Waals surface area contributed by atoms with Gasteiger partial charge in [-0.15, -0.1) is 0 Å². The molecule has 0 unspecified atom stereocenters. The SMILES string of the molecule is C=C1NN(c2ccccc2)C(=O)/C1=N/Nc1cc([N+](=O)[O-])ccc1Br. The van der Waals surface area contributed by atoms with Crippen LogP contribution in [0.3, 0.4) is 0 Å². The van der Waals surface area contributed by atoms with E-state index < -0.39 is 4.92 Å². The summed E-state index contributed by atoms with van der Waals surface area (Å²) in [7, 11) is 0. The Bertz CT molecular complexity index is 898. The molecule has 8 nitrogen and oxygen atoms in total. The molecule has 1 saturated heterocycles. The first-order valence-electron chi connectivity index (χ1n) is 7.10. The van der Waals surface area contributed by atoms with Gasteiger partial charge in [-0.1, -0.05) is 24.8 Å². The topological polar surface area (TPSA) is 99.9 Å². The highest BCUT2D eigenvalue weighted by molar-refractivity contribution is 9.10. The van der Waals surface area contributed by atoms with Gasteiger partial charge in [0, 0.05) is 16.6 Å². The van der Waals surface area contributed by atoms with E-state index in [-0.39, 0.29) is 17.3 Å². The lowest BCUT2D eigenvalue weighted by Crippen LogP contribution is -2.34. The first kappa shape index (κ1) is 16.7. The van der Waals surface area contributed by atoms with Gasteiger partial charge in [0.1, 0.15) is 0 Å². The number of hydrazone groups is 1. The van der Waals surface area contributed by atoms with Crippen molar-refractivity contribution in [3.63, 3.8) is 0 Å². The zero-order valence-corrected chi connectivity index (χ0v) is 14.4. The van der Waals surface area contributed by atoms with Gasteiger partial charge in [-0.25, -0.2) is 5.01 Å². The molecule has 0 radical (unpaired) electrons. The van der Waals surface area contributed by atoms with E-state index in [0.717, 1.165) is 0 Å². The summed E-state index contributed by atoms with van der Waals surface area (Å²) in [5, 5.41) is 16.2. The number of nitrogens with one attached hydrogen (secondary N) is 2. The fourth-order valence-electron chi connectivity index (χ4n) is 2.18. The van der Waals surface area contributed by atoms with Crippen LogP contribution in [0.4, 0.5) is 17.1 Å². The molecule has 0 atom stereocenters. The molecule has 0 spiro atoms.